The number of aromatic nitrogens is 2. The minimum Gasteiger partial charge on any atom is -0.480 e. The molecule has 3 aromatic rings. The number of carbonyl (C=O) groups is 2. The van der Waals surface area contributed by atoms with Crippen LogP contribution >= 0.6 is 11.3 Å². The summed E-state index contributed by atoms with van der Waals surface area (Å²) in [5, 5.41) is 14.5. The minimum absolute atomic E-state index is 0.134. The van der Waals surface area contributed by atoms with Crippen molar-refractivity contribution in [3.8, 4) is 0 Å². The summed E-state index contributed by atoms with van der Waals surface area (Å²) in [5.41, 5.74) is 0.868. The summed E-state index contributed by atoms with van der Waals surface area (Å²) in [6.07, 6.45) is 3.09. The van der Waals surface area contributed by atoms with Gasteiger partial charge in [0, 0.05) is 22.9 Å². The Hall–Kier alpha value is -2.67. The molecule has 1 amide bonds. The fourth-order valence-electron chi connectivity index (χ4n) is 4.38. The molecule has 172 valence electrons. The Morgan fingerprint density at radius 2 is 1.94 bits per heavy atom. The van der Waals surface area contributed by atoms with Crippen LogP contribution in [0.2, 0.25) is 0 Å². The Labute approximate surface area is 193 Å². The fraction of sp³-hybridized carbons (Fsp3) is 0.480. The van der Waals surface area contributed by atoms with E-state index in [0.717, 1.165) is 36.1 Å². The number of benzene rings is 1. The molecule has 3 rings (SSSR count). The van der Waals surface area contributed by atoms with Crippen LogP contribution in [0.5, 0.6) is 0 Å². The van der Waals surface area contributed by atoms with Gasteiger partial charge in [0.05, 0.1) is 11.0 Å². The first kappa shape index (κ1) is 24.0. The molecule has 0 aliphatic carbocycles. The van der Waals surface area contributed by atoms with Gasteiger partial charge in [-0.3, -0.25) is 4.79 Å². The Morgan fingerprint density at radius 3 is 2.50 bits per heavy atom. The van der Waals surface area contributed by atoms with Crippen molar-refractivity contribution in [1.82, 2.24) is 14.9 Å². The number of carbonyl (C=O) groups excluding carboxylic acids is 1. The summed E-state index contributed by atoms with van der Waals surface area (Å²) in [6.45, 7) is 9.81. The van der Waals surface area contributed by atoms with E-state index in [-0.39, 0.29) is 5.92 Å². The van der Waals surface area contributed by atoms with E-state index in [2.05, 4.69) is 35.2 Å². The second kappa shape index (κ2) is 9.86. The summed E-state index contributed by atoms with van der Waals surface area (Å²) < 4.78 is 2.30. The molecular weight excluding hydrogens is 422 g/mol. The second-order valence-corrected chi connectivity index (χ2v) is 10.0. The quantitative estimate of drug-likeness (QED) is 0.413. The van der Waals surface area contributed by atoms with E-state index in [1.165, 1.54) is 4.88 Å². The van der Waals surface area contributed by atoms with Crippen LogP contribution in [0, 0.1) is 5.92 Å². The largest absolute Gasteiger partial charge is 0.480 e. The summed E-state index contributed by atoms with van der Waals surface area (Å²) in [7, 11) is 0. The van der Waals surface area contributed by atoms with Gasteiger partial charge in [-0.2, -0.15) is 0 Å². The number of hydrogen-bond donors (Lipinski definition) is 2. The SMILES string of the molecule is CCC(CC)n1c(Cc2cccs2)nc2cc(C(=O)NC(C)(CC(C)C)C(=O)O)ccc21. The molecule has 0 saturated carbocycles. The van der Waals surface area contributed by atoms with Crippen LogP contribution in [0.1, 0.15) is 81.0 Å². The van der Waals surface area contributed by atoms with Crippen molar-refractivity contribution in [2.75, 3.05) is 0 Å². The van der Waals surface area contributed by atoms with Crippen LogP contribution in [-0.2, 0) is 11.2 Å². The molecule has 2 aromatic heterocycles. The number of amides is 1. The maximum atomic E-state index is 13.0. The molecular formula is C25H33N3O3S. The standard InChI is InChI=1S/C25H33N3O3S/c1-6-18(7-2)28-21-11-10-17(23(29)27-25(5,24(30)31)15-16(3)4)13-20(21)26-22(28)14-19-9-8-12-32-19/h8-13,16,18H,6-7,14-15H2,1-5H3,(H,27,29)(H,30,31). The van der Waals surface area contributed by atoms with Crippen LogP contribution in [0.4, 0.5) is 0 Å². The smallest absolute Gasteiger partial charge is 0.329 e. The Morgan fingerprint density at radius 1 is 1.22 bits per heavy atom. The zero-order chi connectivity index (χ0) is 23.5. The lowest BCUT2D eigenvalue weighted by atomic mass is 9.90. The van der Waals surface area contributed by atoms with Crippen LogP contribution in [-0.4, -0.2) is 32.1 Å². The van der Waals surface area contributed by atoms with Gasteiger partial charge < -0.3 is 15.0 Å². The van der Waals surface area contributed by atoms with E-state index >= 15 is 0 Å². The van der Waals surface area contributed by atoms with Gasteiger partial charge in [-0.05, 0) is 61.7 Å². The predicted molar refractivity (Wildman–Crippen MR) is 129 cm³/mol. The predicted octanol–water partition coefficient (Wildman–Crippen LogP) is 5.67. The number of fused-ring (bicyclic) bond motifs is 1. The molecule has 0 aliphatic heterocycles. The fourth-order valence-corrected chi connectivity index (χ4v) is 5.08. The van der Waals surface area contributed by atoms with E-state index in [4.69, 9.17) is 4.98 Å². The highest BCUT2D eigenvalue weighted by Gasteiger charge is 2.35. The van der Waals surface area contributed by atoms with Crippen molar-refractivity contribution in [2.45, 2.75) is 71.9 Å². The van der Waals surface area contributed by atoms with Crippen molar-refractivity contribution in [1.29, 1.82) is 0 Å². The summed E-state index contributed by atoms with van der Waals surface area (Å²) >= 11 is 1.71. The highest BCUT2D eigenvalue weighted by Crippen LogP contribution is 2.28. The number of nitrogens with one attached hydrogen (secondary N) is 1. The topological polar surface area (TPSA) is 84.2 Å². The van der Waals surface area contributed by atoms with Crippen molar-refractivity contribution < 1.29 is 14.7 Å². The van der Waals surface area contributed by atoms with Gasteiger partial charge in [-0.25, -0.2) is 9.78 Å². The summed E-state index contributed by atoms with van der Waals surface area (Å²) in [5.74, 6) is -0.301. The molecule has 0 saturated heterocycles. The number of hydrogen-bond acceptors (Lipinski definition) is 4. The third-order valence-electron chi connectivity index (χ3n) is 5.92. The van der Waals surface area contributed by atoms with Gasteiger partial charge in [0.2, 0.25) is 0 Å². The number of carboxylic acids is 1. The summed E-state index contributed by atoms with van der Waals surface area (Å²) in [6, 6.07) is 9.97. The molecule has 0 spiro atoms. The third-order valence-corrected chi connectivity index (χ3v) is 6.80. The maximum absolute atomic E-state index is 13.0. The van der Waals surface area contributed by atoms with Crippen molar-refractivity contribution >= 4 is 34.2 Å². The zero-order valence-corrected chi connectivity index (χ0v) is 20.3. The van der Waals surface area contributed by atoms with Crippen molar-refractivity contribution in [2.24, 2.45) is 5.92 Å². The Bertz CT molecular complexity index is 1080. The van der Waals surface area contributed by atoms with Crippen LogP contribution in [0.15, 0.2) is 35.7 Å². The Kier molecular flexibility index (Phi) is 7.39. The highest BCUT2D eigenvalue weighted by atomic mass is 32.1. The lowest BCUT2D eigenvalue weighted by Gasteiger charge is -2.28. The highest BCUT2D eigenvalue weighted by molar-refractivity contribution is 7.09. The normalized spacial score (nSPS) is 13.6. The number of thiophene rings is 1. The van der Waals surface area contributed by atoms with Crippen LogP contribution in [0.25, 0.3) is 11.0 Å². The lowest BCUT2D eigenvalue weighted by Crippen LogP contribution is -2.53. The summed E-state index contributed by atoms with van der Waals surface area (Å²) in [4.78, 5) is 31.0. The molecule has 2 heterocycles. The van der Waals surface area contributed by atoms with E-state index in [1.54, 1.807) is 30.4 Å². The third kappa shape index (κ3) is 5.04. The lowest BCUT2D eigenvalue weighted by molar-refractivity contribution is -0.144. The molecule has 6 nitrogen and oxygen atoms in total. The van der Waals surface area contributed by atoms with Crippen LogP contribution in [0.3, 0.4) is 0 Å². The molecule has 1 atom stereocenters. The van der Waals surface area contributed by atoms with Crippen LogP contribution < -0.4 is 5.32 Å². The van der Waals surface area contributed by atoms with Gasteiger partial charge in [0.15, 0.2) is 0 Å². The second-order valence-electron chi connectivity index (χ2n) is 9.02. The van der Waals surface area contributed by atoms with Crippen molar-refractivity contribution in [3.63, 3.8) is 0 Å². The van der Waals surface area contributed by atoms with E-state index < -0.39 is 17.4 Å². The van der Waals surface area contributed by atoms with Gasteiger partial charge in [-0.15, -0.1) is 11.3 Å². The molecule has 0 radical (unpaired) electrons. The minimum atomic E-state index is -1.32. The first-order chi connectivity index (χ1) is 15.2. The number of nitrogens with zero attached hydrogens (tertiary/aromatic N) is 2. The van der Waals surface area contributed by atoms with Crippen molar-refractivity contribution in [3.05, 3.63) is 52.0 Å². The molecule has 0 fully saturated rings. The average molecular weight is 456 g/mol. The molecule has 2 N–H and O–H groups in total. The number of aliphatic carboxylic acids is 1. The average Bonchev–Trinajstić information content (AvgIpc) is 3.36. The number of carboxylic acid groups (broad SMARTS) is 1. The first-order valence-electron chi connectivity index (χ1n) is 11.3. The molecule has 32 heavy (non-hydrogen) atoms. The van der Waals surface area contributed by atoms with Gasteiger partial charge in [0.1, 0.15) is 11.4 Å². The first-order valence-corrected chi connectivity index (χ1v) is 12.2. The monoisotopic (exact) mass is 455 g/mol. The molecule has 0 aliphatic rings. The molecule has 0 bridgehead atoms. The van der Waals surface area contributed by atoms with E-state index in [0.29, 0.717) is 18.0 Å². The van der Waals surface area contributed by atoms with Gasteiger partial charge in [0.25, 0.3) is 5.91 Å². The van der Waals surface area contributed by atoms with Gasteiger partial charge >= 0.3 is 5.97 Å². The number of rotatable bonds is 10. The number of imidazole rings is 1. The van der Waals surface area contributed by atoms with E-state index in [9.17, 15) is 14.7 Å². The zero-order valence-electron chi connectivity index (χ0n) is 19.5. The molecule has 1 unspecified atom stereocenters. The Balaban J connectivity index is 1.99. The molecule has 1 aromatic carbocycles. The maximum Gasteiger partial charge on any atom is 0.329 e. The van der Waals surface area contributed by atoms with Gasteiger partial charge in [-0.1, -0.05) is 33.8 Å². The molecule has 7 heteroatoms. The van der Waals surface area contributed by atoms with E-state index in [1.807, 2.05) is 26.0 Å².